The van der Waals surface area contributed by atoms with Crippen molar-refractivity contribution in [2.24, 2.45) is 4.99 Å². The molecule has 138 valence electrons. The molecule has 5 heteroatoms. The number of rotatable bonds is 6. The Balaban J connectivity index is 2.44. The minimum atomic E-state index is -0.473. The molecule has 0 spiro atoms. The third kappa shape index (κ3) is 5.09. The Kier molecular flexibility index (Phi) is 7.22. The molecule has 0 saturated carbocycles. The van der Waals surface area contributed by atoms with Gasteiger partial charge in [-0.3, -0.25) is 0 Å². The van der Waals surface area contributed by atoms with Crippen molar-refractivity contribution in [2.45, 2.75) is 40.0 Å². The van der Waals surface area contributed by atoms with Gasteiger partial charge >= 0.3 is 0 Å². The molecule has 2 aromatic rings. The predicted octanol–water partition coefficient (Wildman–Crippen LogP) is 6.23. The topological polar surface area (TPSA) is 44.6 Å². The molecular weight excluding hydrogens is 351 g/mol. The number of aryl methyl sites for hydroxylation is 2. The lowest BCUT2D eigenvalue weighted by molar-refractivity contribution is 0.468. The molecular formula is C21H24ClFN2O. The summed E-state index contributed by atoms with van der Waals surface area (Å²) in [5, 5.41) is 13.5. The predicted molar refractivity (Wildman–Crippen MR) is 108 cm³/mol. The first-order valence-electron chi connectivity index (χ1n) is 8.74. The fourth-order valence-electron chi connectivity index (χ4n) is 2.54. The van der Waals surface area contributed by atoms with Crippen LogP contribution in [-0.4, -0.2) is 10.9 Å². The van der Waals surface area contributed by atoms with E-state index in [0.29, 0.717) is 11.5 Å². The lowest BCUT2D eigenvalue weighted by Crippen LogP contribution is -2.15. The summed E-state index contributed by atoms with van der Waals surface area (Å²) >= 11 is 5.88. The molecule has 0 heterocycles. The first kappa shape index (κ1) is 20.0. The standard InChI is InChI=1S/C21H24ClFN2O/c1-4-6-7-10-24-21(25-16-8-9-19(23)18(22)12-16)17-13-20(26)15(5-2)11-14(17)3/h7-13,26H,4-6H2,1-3H3,(H,24,25)/b10-7+. The molecule has 0 aromatic heterocycles. The van der Waals surface area contributed by atoms with Crippen LogP contribution in [0.1, 0.15) is 43.4 Å². The highest BCUT2D eigenvalue weighted by Crippen LogP contribution is 2.25. The molecule has 0 radical (unpaired) electrons. The van der Waals surface area contributed by atoms with E-state index in [-0.39, 0.29) is 10.8 Å². The number of phenolic OH excluding ortho intramolecular Hbond substituents is 1. The first-order valence-corrected chi connectivity index (χ1v) is 9.11. The summed E-state index contributed by atoms with van der Waals surface area (Å²) in [6.45, 7) is 6.06. The zero-order valence-corrected chi connectivity index (χ0v) is 16.1. The third-order valence-corrected chi connectivity index (χ3v) is 4.30. The summed E-state index contributed by atoms with van der Waals surface area (Å²) in [5.74, 6) is 0.326. The maximum atomic E-state index is 13.4. The molecule has 26 heavy (non-hydrogen) atoms. The third-order valence-electron chi connectivity index (χ3n) is 4.01. The Morgan fingerprint density at radius 3 is 2.69 bits per heavy atom. The number of phenols is 1. The molecule has 2 aromatic carbocycles. The Morgan fingerprint density at radius 2 is 2.04 bits per heavy atom. The van der Waals surface area contributed by atoms with E-state index in [1.54, 1.807) is 18.3 Å². The van der Waals surface area contributed by atoms with E-state index >= 15 is 0 Å². The second-order valence-electron chi connectivity index (χ2n) is 6.05. The van der Waals surface area contributed by atoms with Crippen LogP contribution < -0.4 is 5.32 Å². The molecule has 0 unspecified atom stereocenters. The van der Waals surface area contributed by atoms with Gasteiger partial charge in [0.1, 0.15) is 17.4 Å². The van der Waals surface area contributed by atoms with E-state index < -0.39 is 5.82 Å². The van der Waals surface area contributed by atoms with E-state index in [1.165, 1.54) is 12.1 Å². The summed E-state index contributed by atoms with van der Waals surface area (Å²) in [7, 11) is 0. The maximum absolute atomic E-state index is 13.4. The van der Waals surface area contributed by atoms with Crippen molar-refractivity contribution in [2.75, 3.05) is 5.32 Å². The minimum Gasteiger partial charge on any atom is -0.508 e. The summed E-state index contributed by atoms with van der Waals surface area (Å²) in [6.07, 6.45) is 6.43. The van der Waals surface area contributed by atoms with Gasteiger partial charge in [0.25, 0.3) is 0 Å². The van der Waals surface area contributed by atoms with Crippen molar-refractivity contribution in [3.63, 3.8) is 0 Å². The molecule has 3 nitrogen and oxygen atoms in total. The summed E-state index contributed by atoms with van der Waals surface area (Å²) in [6, 6.07) is 8.08. The van der Waals surface area contributed by atoms with Crippen molar-refractivity contribution in [1.29, 1.82) is 0 Å². The van der Waals surface area contributed by atoms with Crippen LogP contribution in [0.5, 0.6) is 5.75 Å². The number of allylic oxidation sites excluding steroid dienone is 1. The van der Waals surface area contributed by atoms with Crippen molar-refractivity contribution < 1.29 is 9.50 Å². The molecule has 2 rings (SSSR count). The fraction of sp³-hybridized carbons (Fsp3) is 0.286. The number of nitrogens with zero attached hydrogens (tertiary/aromatic N) is 1. The highest BCUT2D eigenvalue weighted by Gasteiger charge is 2.12. The number of hydrogen-bond donors (Lipinski definition) is 2. The molecule has 0 atom stereocenters. The van der Waals surface area contributed by atoms with Crippen LogP contribution in [0, 0.1) is 12.7 Å². The zero-order chi connectivity index (χ0) is 19.1. The molecule has 0 aliphatic heterocycles. The minimum absolute atomic E-state index is 0.0387. The van der Waals surface area contributed by atoms with Gasteiger partial charge in [0.05, 0.1) is 5.02 Å². The number of anilines is 1. The first-order chi connectivity index (χ1) is 12.5. The lowest BCUT2D eigenvalue weighted by Gasteiger charge is -2.14. The summed E-state index contributed by atoms with van der Waals surface area (Å²) < 4.78 is 13.4. The van der Waals surface area contributed by atoms with Gasteiger partial charge in [0.2, 0.25) is 0 Å². The van der Waals surface area contributed by atoms with Gasteiger partial charge in [-0.2, -0.15) is 0 Å². The molecule has 0 aliphatic rings. The molecule has 0 amide bonds. The number of benzene rings is 2. The smallest absolute Gasteiger partial charge is 0.141 e. The van der Waals surface area contributed by atoms with Crippen LogP contribution in [0.3, 0.4) is 0 Å². The second-order valence-corrected chi connectivity index (χ2v) is 6.46. The number of nitrogens with one attached hydrogen (secondary N) is 1. The largest absolute Gasteiger partial charge is 0.508 e. The molecule has 2 N–H and O–H groups in total. The van der Waals surface area contributed by atoms with Crippen molar-refractivity contribution in [1.82, 2.24) is 0 Å². The van der Waals surface area contributed by atoms with Crippen LogP contribution in [0.25, 0.3) is 0 Å². The van der Waals surface area contributed by atoms with Gasteiger partial charge in [-0.05, 0) is 55.2 Å². The van der Waals surface area contributed by atoms with Gasteiger partial charge in [-0.15, -0.1) is 0 Å². The number of amidine groups is 1. The monoisotopic (exact) mass is 374 g/mol. The van der Waals surface area contributed by atoms with Crippen LogP contribution in [-0.2, 0) is 6.42 Å². The highest BCUT2D eigenvalue weighted by molar-refractivity contribution is 6.31. The average Bonchev–Trinajstić information content (AvgIpc) is 2.62. The average molecular weight is 375 g/mol. The van der Waals surface area contributed by atoms with E-state index in [4.69, 9.17) is 11.6 Å². The van der Waals surface area contributed by atoms with Crippen LogP contribution in [0.2, 0.25) is 5.02 Å². The Bertz CT molecular complexity index is 831. The molecule has 0 aliphatic carbocycles. The molecule has 0 bridgehead atoms. The highest BCUT2D eigenvalue weighted by atomic mass is 35.5. The summed E-state index contributed by atoms with van der Waals surface area (Å²) in [4.78, 5) is 4.51. The van der Waals surface area contributed by atoms with Crippen LogP contribution >= 0.6 is 11.6 Å². The quantitative estimate of drug-likeness (QED) is 0.465. The van der Waals surface area contributed by atoms with Crippen LogP contribution in [0.4, 0.5) is 10.1 Å². The molecule has 0 saturated heterocycles. The van der Waals surface area contributed by atoms with E-state index in [2.05, 4.69) is 17.2 Å². The van der Waals surface area contributed by atoms with Gasteiger partial charge in [-0.25, -0.2) is 9.38 Å². The number of hydrogen-bond acceptors (Lipinski definition) is 2. The maximum Gasteiger partial charge on any atom is 0.141 e. The van der Waals surface area contributed by atoms with Gasteiger partial charge in [0.15, 0.2) is 0 Å². The van der Waals surface area contributed by atoms with E-state index in [9.17, 15) is 9.50 Å². The number of halogens is 2. The number of aromatic hydroxyl groups is 1. The van der Waals surface area contributed by atoms with Gasteiger partial charge in [-0.1, -0.05) is 44.0 Å². The Hall–Kier alpha value is -2.33. The second kappa shape index (κ2) is 9.39. The van der Waals surface area contributed by atoms with Gasteiger partial charge < -0.3 is 10.4 Å². The zero-order valence-electron chi connectivity index (χ0n) is 15.3. The van der Waals surface area contributed by atoms with E-state index in [1.807, 2.05) is 26.0 Å². The number of unbranched alkanes of at least 4 members (excludes halogenated alkanes) is 1. The van der Waals surface area contributed by atoms with E-state index in [0.717, 1.165) is 36.0 Å². The Labute approximate surface area is 159 Å². The van der Waals surface area contributed by atoms with Crippen molar-refractivity contribution in [3.05, 3.63) is 70.1 Å². The summed E-state index contributed by atoms with van der Waals surface area (Å²) in [5.41, 5.74) is 3.28. The number of aliphatic imine (C=N–C) groups is 1. The normalized spacial score (nSPS) is 12.0. The molecule has 0 fully saturated rings. The van der Waals surface area contributed by atoms with Gasteiger partial charge in [0, 0.05) is 17.5 Å². The van der Waals surface area contributed by atoms with Crippen molar-refractivity contribution >= 4 is 23.1 Å². The SMILES string of the molecule is CCC/C=C/N=C(Nc1ccc(F)c(Cl)c1)c1cc(O)c(CC)cc1C. The fourth-order valence-corrected chi connectivity index (χ4v) is 2.72. The lowest BCUT2D eigenvalue weighted by atomic mass is 10.0. The van der Waals surface area contributed by atoms with Crippen LogP contribution in [0.15, 0.2) is 47.6 Å². The van der Waals surface area contributed by atoms with Crippen molar-refractivity contribution in [3.8, 4) is 5.75 Å². The Morgan fingerprint density at radius 1 is 1.27 bits per heavy atom.